The molecule has 76 valence electrons. The second-order valence-corrected chi connectivity index (χ2v) is 3.54. The zero-order valence-electron chi connectivity index (χ0n) is 7.95. The van der Waals surface area contributed by atoms with Crippen LogP contribution in [0.2, 0.25) is 0 Å². The van der Waals surface area contributed by atoms with Gasteiger partial charge in [0.15, 0.2) is 0 Å². The predicted molar refractivity (Wildman–Crippen MR) is 48.4 cm³/mol. The third kappa shape index (κ3) is 3.22. The lowest BCUT2D eigenvalue weighted by Gasteiger charge is -2.27. The van der Waals surface area contributed by atoms with E-state index in [1.165, 1.54) is 7.11 Å². The Hall–Kier alpha value is -0.770. The van der Waals surface area contributed by atoms with Crippen LogP contribution in [-0.2, 0) is 4.74 Å². The van der Waals surface area contributed by atoms with E-state index in [0.29, 0.717) is 5.92 Å². The number of ether oxygens (including phenoxy) is 1. The molecule has 0 unspecified atom stereocenters. The van der Waals surface area contributed by atoms with Gasteiger partial charge in [0.2, 0.25) is 0 Å². The molecule has 1 aliphatic rings. The van der Waals surface area contributed by atoms with Crippen LogP contribution in [0.25, 0.3) is 0 Å². The predicted octanol–water partition coefficient (Wildman–Crippen LogP) is 0.893. The van der Waals surface area contributed by atoms with E-state index in [1.54, 1.807) is 0 Å². The van der Waals surface area contributed by atoms with Gasteiger partial charge in [-0.1, -0.05) is 0 Å². The summed E-state index contributed by atoms with van der Waals surface area (Å²) in [5.74, 6) is 0.427. The van der Waals surface area contributed by atoms with E-state index in [4.69, 9.17) is 5.11 Å². The Balaban J connectivity index is 2.21. The summed E-state index contributed by atoms with van der Waals surface area (Å²) in [6.07, 6.45) is 3.52. The van der Waals surface area contributed by atoms with E-state index in [9.17, 15) is 4.79 Å². The lowest BCUT2D eigenvalue weighted by molar-refractivity contribution is 0.150. The van der Waals surface area contributed by atoms with Gasteiger partial charge < -0.3 is 15.2 Å². The molecule has 0 aromatic heterocycles. The Morgan fingerprint density at radius 3 is 2.54 bits per heavy atom. The highest BCUT2D eigenvalue weighted by Crippen LogP contribution is 2.23. The van der Waals surface area contributed by atoms with Gasteiger partial charge in [-0.2, -0.15) is 0 Å². The van der Waals surface area contributed by atoms with Gasteiger partial charge in [0.25, 0.3) is 0 Å². The van der Waals surface area contributed by atoms with Crippen LogP contribution in [0, 0.1) is 5.92 Å². The second-order valence-electron chi connectivity index (χ2n) is 3.54. The number of alkyl carbamates (subject to hydrolysis) is 1. The molecule has 0 spiro atoms. The fourth-order valence-corrected chi connectivity index (χ4v) is 1.71. The molecule has 1 rings (SSSR count). The van der Waals surface area contributed by atoms with Gasteiger partial charge in [0.05, 0.1) is 7.11 Å². The molecular weight excluding hydrogens is 170 g/mol. The van der Waals surface area contributed by atoms with Crippen LogP contribution in [0.5, 0.6) is 0 Å². The Labute approximate surface area is 78.3 Å². The Kier molecular flexibility index (Phi) is 4.02. The number of carbonyl (C=O) groups excluding carboxylic acids is 1. The Bertz CT molecular complexity index is 164. The van der Waals surface area contributed by atoms with Gasteiger partial charge in [-0.3, -0.25) is 0 Å². The lowest BCUT2D eigenvalue weighted by Crippen LogP contribution is -2.37. The van der Waals surface area contributed by atoms with Gasteiger partial charge >= 0.3 is 6.09 Å². The number of nitrogens with one attached hydrogen (secondary N) is 1. The molecule has 1 aliphatic carbocycles. The van der Waals surface area contributed by atoms with E-state index < -0.39 is 0 Å². The van der Waals surface area contributed by atoms with Gasteiger partial charge in [0, 0.05) is 12.6 Å². The quantitative estimate of drug-likeness (QED) is 0.675. The van der Waals surface area contributed by atoms with Crippen LogP contribution >= 0.6 is 0 Å². The van der Waals surface area contributed by atoms with Crippen molar-refractivity contribution in [2.75, 3.05) is 13.7 Å². The number of hydrogen-bond acceptors (Lipinski definition) is 3. The summed E-state index contributed by atoms with van der Waals surface area (Å²) >= 11 is 0. The maximum Gasteiger partial charge on any atom is 0.407 e. The molecule has 2 N–H and O–H groups in total. The highest BCUT2D eigenvalue weighted by Gasteiger charge is 2.21. The lowest BCUT2D eigenvalue weighted by atomic mass is 9.87. The normalized spacial score (nSPS) is 28.2. The van der Waals surface area contributed by atoms with E-state index in [-0.39, 0.29) is 18.7 Å². The molecule has 13 heavy (non-hydrogen) atoms. The number of aliphatic hydroxyl groups excluding tert-OH is 1. The van der Waals surface area contributed by atoms with Crippen LogP contribution in [0.15, 0.2) is 0 Å². The van der Waals surface area contributed by atoms with Crippen LogP contribution in [0.1, 0.15) is 25.7 Å². The van der Waals surface area contributed by atoms with Crippen molar-refractivity contribution in [1.29, 1.82) is 0 Å². The minimum atomic E-state index is -0.354. The molecule has 0 bridgehead atoms. The van der Waals surface area contributed by atoms with E-state index in [2.05, 4.69) is 10.1 Å². The first-order chi connectivity index (χ1) is 6.26. The maximum absolute atomic E-state index is 10.8. The van der Waals surface area contributed by atoms with Crippen LogP contribution in [0.3, 0.4) is 0 Å². The summed E-state index contributed by atoms with van der Waals surface area (Å²) in [7, 11) is 1.37. The van der Waals surface area contributed by atoms with Crippen molar-refractivity contribution in [3.05, 3.63) is 0 Å². The van der Waals surface area contributed by atoms with Gasteiger partial charge in [-0.15, -0.1) is 0 Å². The van der Waals surface area contributed by atoms with E-state index >= 15 is 0 Å². The van der Waals surface area contributed by atoms with Crippen molar-refractivity contribution in [2.24, 2.45) is 5.92 Å². The fraction of sp³-hybridized carbons (Fsp3) is 0.889. The standard InChI is InChI=1S/C9H17NO3/c1-13-9(12)10-8-4-2-7(6-11)3-5-8/h7-8,11H,2-6H2,1H3,(H,10,12). The molecule has 0 heterocycles. The average Bonchev–Trinajstić information content (AvgIpc) is 2.19. The van der Waals surface area contributed by atoms with Crippen molar-refractivity contribution >= 4 is 6.09 Å². The summed E-state index contributed by atoms with van der Waals surface area (Å²) in [5, 5.41) is 11.7. The molecule has 0 aliphatic heterocycles. The number of hydrogen-bond donors (Lipinski definition) is 2. The SMILES string of the molecule is COC(=O)NC1CCC(CO)CC1. The third-order valence-electron chi connectivity index (χ3n) is 2.61. The topological polar surface area (TPSA) is 58.6 Å². The third-order valence-corrected chi connectivity index (χ3v) is 2.61. The average molecular weight is 187 g/mol. The number of carbonyl (C=O) groups is 1. The fourth-order valence-electron chi connectivity index (χ4n) is 1.71. The highest BCUT2D eigenvalue weighted by atomic mass is 16.5. The summed E-state index contributed by atoms with van der Waals surface area (Å²) in [6.45, 7) is 0.269. The first-order valence-corrected chi connectivity index (χ1v) is 4.71. The minimum absolute atomic E-state index is 0.232. The maximum atomic E-state index is 10.8. The molecule has 1 amide bonds. The minimum Gasteiger partial charge on any atom is -0.453 e. The smallest absolute Gasteiger partial charge is 0.407 e. The van der Waals surface area contributed by atoms with Crippen LogP contribution in [-0.4, -0.2) is 31.0 Å². The van der Waals surface area contributed by atoms with Crippen molar-refractivity contribution in [2.45, 2.75) is 31.7 Å². The zero-order chi connectivity index (χ0) is 9.68. The van der Waals surface area contributed by atoms with Crippen molar-refractivity contribution < 1.29 is 14.6 Å². The molecular formula is C9H17NO3. The van der Waals surface area contributed by atoms with Gasteiger partial charge in [-0.25, -0.2) is 4.79 Å². The molecule has 4 heteroatoms. The molecule has 0 saturated heterocycles. The molecule has 0 aromatic carbocycles. The van der Waals surface area contributed by atoms with Crippen LogP contribution < -0.4 is 5.32 Å². The molecule has 0 aromatic rings. The highest BCUT2D eigenvalue weighted by molar-refractivity contribution is 5.67. The Morgan fingerprint density at radius 1 is 1.46 bits per heavy atom. The first kappa shape index (κ1) is 10.3. The number of rotatable bonds is 2. The summed E-state index contributed by atoms with van der Waals surface area (Å²) in [4.78, 5) is 10.8. The number of methoxy groups -OCH3 is 1. The first-order valence-electron chi connectivity index (χ1n) is 4.71. The molecule has 1 fully saturated rings. The summed E-state index contributed by atoms with van der Waals surface area (Å²) in [6, 6.07) is 0.232. The van der Waals surface area contributed by atoms with Crippen molar-refractivity contribution in [1.82, 2.24) is 5.32 Å². The molecule has 0 radical (unpaired) electrons. The van der Waals surface area contributed by atoms with Crippen LogP contribution in [0.4, 0.5) is 4.79 Å². The molecule has 1 saturated carbocycles. The second kappa shape index (κ2) is 5.07. The Morgan fingerprint density at radius 2 is 2.08 bits per heavy atom. The van der Waals surface area contributed by atoms with E-state index in [1.807, 2.05) is 0 Å². The largest absolute Gasteiger partial charge is 0.453 e. The monoisotopic (exact) mass is 187 g/mol. The summed E-state index contributed by atoms with van der Waals surface area (Å²) in [5.41, 5.74) is 0. The van der Waals surface area contributed by atoms with Crippen molar-refractivity contribution in [3.8, 4) is 0 Å². The van der Waals surface area contributed by atoms with Crippen molar-refractivity contribution in [3.63, 3.8) is 0 Å². The zero-order valence-corrected chi connectivity index (χ0v) is 7.95. The van der Waals surface area contributed by atoms with Gasteiger partial charge in [0.1, 0.15) is 0 Å². The van der Waals surface area contributed by atoms with Gasteiger partial charge in [-0.05, 0) is 31.6 Å². The molecule has 0 atom stereocenters. The van der Waals surface area contributed by atoms with E-state index in [0.717, 1.165) is 25.7 Å². The number of aliphatic hydroxyl groups is 1. The summed E-state index contributed by atoms with van der Waals surface area (Å²) < 4.78 is 4.51. The number of amides is 1. The molecule has 4 nitrogen and oxygen atoms in total.